The van der Waals surface area contributed by atoms with Crippen molar-refractivity contribution in [3.63, 3.8) is 0 Å². The van der Waals surface area contributed by atoms with Gasteiger partial charge in [0.25, 0.3) is 0 Å². The summed E-state index contributed by atoms with van der Waals surface area (Å²) in [5.74, 6) is 1.27. The molecular weight excluding hydrogens is 290 g/mol. The molecule has 0 atom stereocenters. The van der Waals surface area contributed by atoms with E-state index in [0.29, 0.717) is 12.1 Å². The summed E-state index contributed by atoms with van der Waals surface area (Å²) in [4.78, 5) is 26.5. The SMILES string of the molecule is Cc1nc2c([nH]1)CN(c1cc(C(N)=O)c3ccccc3n1)CC2. The van der Waals surface area contributed by atoms with E-state index >= 15 is 0 Å². The Balaban J connectivity index is 1.79. The highest BCUT2D eigenvalue weighted by Crippen LogP contribution is 2.26. The third kappa shape index (κ3) is 2.32. The summed E-state index contributed by atoms with van der Waals surface area (Å²) in [6.45, 7) is 3.49. The third-order valence-electron chi connectivity index (χ3n) is 4.24. The van der Waals surface area contributed by atoms with E-state index in [1.165, 1.54) is 0 Å². The zero-order valence-electron chi connectivity index (χ0n) is 12.8. The molecule has 1 aromatic carbocycles. The molecule has 2 aromatic heterocycles. The zero-order valence-corrected chi connectivity index (χ0v) is 12.8. The highest BCUT2D eigenvalue weighted by atomic mass is 16.1. The number of amides is 1. The third-order valence-corrected chi connectivity index (χ3v) is 4.24. The monoisotopic (exact) mass is 307 g/mol. The van der Waals surface area contributed by atoms with Gasteiger partial charge in [-0.25, -0.2) is 9.97 Å². The molecule has 0 radical (unpaired) electrons. The molecular formula is C17H17N5O. The van der Waals surface area contributed by atoms with Gasteiger partial charge in [-0.05, 0) is 19.1 Å². The molecule has 1 amide bonds. The summed E-state index contributed by atoms with van der Waals surface area (Å²) in [6, 6.07) is 9.37. The molecule has 3 aromatic rings. The molecule has 0 fully saturated rings. The minimum absolute atomic E-state index is 0.431. The van der Waals surface area contributed by atoms with Crippen LogP contribution in [0.25, 0.3) is 10.9 Å². The summed E-state index contributed by atoms with van der Waals surface area (Å²) < 4.78 is 0. The van der Waals surface area contributed by atoms with Gasteiger partial charge < -0.3 is 15.6 Å². The second-order valence-corrected chi connectivity index (χ2v) is 5.83. The molecule has 0 saturated heterocycles. The van der Waals surface area contributed by atoms with Crippen molar-refractivity contribution in [1.29, 1.82) is 0 Å². The van der Waals surface area contributed by atoms with Crippen molar-refractivity contribution in [3.05, 3.63) is 53.1 Å². The Morgan fingerprint density at radius 2 is 2.13 bits per heavy atom. The number of rotatable bonds is 2. The maximum atomic E-state index is 11.8. The summed E-state index contributed by atoms with van der Waals surface area (Å²) in [6.07, 6.45) is 0.861. The van der Waals surface area contributed by atoms with Crippen LogP contribution in [0.5, 0.6) is 0 Å². The van der Waals surface area contributed by atoms with Gasteiger partial charge in [0.2, 0.25) is 5.91 Å². The first kappa shape index (κ1) is 13.8. The molecule has 3 heterocycles. The number of H-pyrrole nitrogens is 1. The Morgan fingerprint density at radius 1 is 1.30 bits per heavy atom. The largest absolute Gasteiger partial charge is 0.366 e. The molecule has 116 valence electrons. The van der Waals surface area contributed by atoms with Crippen molar-refractivity contribution in [2.24, 2.45) is 5.73 Å². The topological polar surface area (TPSA) is 87.9 Å². The molecule has 1 aliphatic heterocycles. The maximum Gasteiger partial charge on any atom is 0.249 e. The van der Waals surface area contributed by atoms with Crippen molar-refractivity contribution in [3.8, 4) is 0 Å². The number of aromatic nitrogens is 3. The van der Waals surface area contributed by atoms with Crippen LogP contribution in [0.2, 0.25) is 0 Å². The summed E-state index contributed by atoms with van der Waals surface area (Å²) in [5.41, 5.74) is 9.09. The minimum Gasteiger partial charge on any atom is -0.366 e. The smallest absolute Gasteiger partial charge is 0.249 e. The molecule has 0 bridgehead atoms. The molecule has 4 rings (SSSR count). The number of aromatic amines is 1. The molecule has 0 unspecified atom stereocenters. The molecule has 0 aliphatic carbocycles. The molecule has 6 nitrogen and oxygen atoms in total. The first-order valence-corrected chi connectivity index (χ1v) is 7.61. The number of hydrogen-bond acceptors (Lipinski definition) is 4. The Morgan fingerprint density at radius 3 is 2.96 bits per heavy atom. The lowest BCUT2D eigenvalue weighted by atomic mass is 10.1. The number of carbonyl (C=O) groups is 1. The first-order chi connectivity index (χ1) is 11.1. The van der Waals surface area contributed by atoms with Gasteiger partial charge in [0.15, 0.2) is 0 Å². The van der Waals surface area contributed by atoms with Gasteiger partial charge in [-0.2, -0.15) is 0 Å². The lowest BCUT2D eigenvalue weighted by Crippen LogP contribution is -2.31. The highest BCUT2D eigenvalue weighted by molar-refractivity contribution is 6.06. The van der Waals surface area contributed by atoms with Crippen LogP contribution in [-0.2, 0) is 13.0 Å². The Labute approximate surface area is 133 Å². The second kappa shape index (κ2) is 5.08. The molecule has 0 saturated carbocycles. The van der Waals surface area contributed by atoms with Gasteiger partial charge in [-0.15, -0.1) is 0 Å². The highest BCUT2D eigenvalue weighted by Gasteiger charge is 2.22. The predicted molar refractivity (Wildman–Crippen MR) is 88.3 cm³/mol. The molecule has 23 heavy (non-hydrogen) atoms. The Hall–Kier alpha value is -2.89. The van der Waals surface area contributed by atoms with E-state index in [4.69, 9.17) is 10.7 Å². The van der Waals surface area contributed by atoms with E-state index in [1.807, 2.05) is 31.2 Å². The lowest BCUT2D eigenvalue weighted by Gasteiger charge is -2.27. The Bertz CT molecular complexity index is 914. The number of aryl methyl sites for hydroxylation is 1. The lowest BCUT2D eigenvalue weighted by molar-refractivity contribution is 0.100. The van der Waals surface area contributed by atoms with Gasteiger partial charge in [-0.1, -0.05) is 18.2 Å². The number of fused-ring (bicyclic) bond motifs is 2. The zero-order chi connectivity index (χ0) is 16.0. The first-order valence-electron chi connectivity index (χ1n) is 7.61. The molecule has 0 spiro atoms. The van der Waals surface area contributed by atoms with Crippen molar-refractivity contribution >= 4 is 22.6 Å². The summed E-state index contributed by atoms with van der Waals surface area (Å²) in [7, 11) is 0. The van der Waals surface area contributed by atoms with Crippen LogP contribution in [0.15, 0.2) is 30.3 Å². The number of primary amides is 1. The minimum atomic E-state index is -0.431. The quantitative estimate of drug-likeness (QED) is 0.757. The van der Waals surface area contributed by atoms with E-state index in [-0.39, 0.29) is 0 Å². The van der Waals surface area contributed by atoms with Gasteiger partial charge in [0.05, 0.1) is 29.0 Å². The fraction of sp³-hybridized carbons (Fsp3) is 0.235. The number of anilines is 1. The van der Waals surface area contributed by atoms with Crippen LogP contribution in [0.1, 0.15) is 27.6 Å². The molecule has 6 heteroatoms. The predicted octanol–water partition coefficient (Wildman–Crippen LogP) is 1.93. The van der Waals surface area contributed by atoms with E-state index < -0.39 is 5.91 Å². The van der Waals surface area contributed by atoms with Gasteiger partial charge in [0, 0.05) is 18.4 Å². The van der Waals surface area contributed by atoms with Gasteiger partial charge in [-0.3, -0.25) is 4.79 Å². The van der Waals surface area contributed by atoms with E-state index in [2.05, 4.69) is 14.9 Å². The second-order valence-electron chi connectivity index (χ2n) is 5.83. The van der Waals surface area contributed by atoms with Crippen LogP contribution < -0.4 is 10.6 Å². The summed E-state index contributed by atoms with van der Waals surface area (Å²) in [5, 5.41) is 0.791. The van der Waals surface area contributed by atoms with Crippen molar-refractivity contribution in [2.75, 3.05) is 11.4 Å². The van der Waals surface area contributed by atoms with Crippen molar-refractivity contribution < 1.29 is 4.79 Å². The van der Waals surface area contributed by atoms with Crippen LogP contribution >= 0.6 is 0 Å². The van der Waals surface area contributed by atoms with E-state index in [1.54, 1.807) is 6.07 Å². The van der Waals surface area contributed by atoms with Crippen molar-refractivity contribution in [1.82, 2.24) is 15.0 Å². The van der Waals surface area contributed by atoms with Crippen LogP contribution in [0.4, 0.5) is 5.82 Å². The van der Waals surface area contributed by atoms with Gasteiger partial charge >= 0.3 is 0 Å². The van der Waals surface area contributed by atoms with Crippen LogP contribution in [0.3, 0.4) is 0 Å². The number of nitrogens with two attached hydrogens (primary N) is 1. The van der Waals surface area contributed by atoms with E-state index in [0.717, 1.165) is 46.9 Å². The average molecular weight is 307 g/mol. The number of nitrogens with one attached hydrogen (secondary N) is 1. The average Bonchev–Trinajstić information content (AvgIpc) is 2.92. The van der Waals surface area contributed by atoms with Crippen molar-refractivity contribution in [2.45, 2.75) is 19.9 Å². The number of benzene rings is 1. The standard InChI is InChI=1S/C17H17N5O/c1-10-19-14-6-7-22(9-15(14)20-10)16-8-12(17(18)23)11-4-2-3-5-13(11)21-16/h2-5,8H,6-7,9H2,1H3,(H2,18,23)(H,19,20). The fourth-order valence-corrected chi connectivity index (χ4v) is 3.16. The van der Waals surface area contributed by atoms with Crippen LogP contribution in [0, 0.1) is 6.92 Å². The Kier molecular flexibility index (Phi) is 3.04. The number of hydrogen-bond donors (Lipinski definition) is 2. The number of para-hydroxylation sites is 1. The normalized spacial score (nSPS) is 14.0. The fourth-order valence-electron chi connectivity index (χ4n) is 3.16. The number of carbonyl (C=O) groups excluding carboxylic acids is 1. The number of nitrogens with zero attached hydrogens (tertiary/aromatic N) is 3. The van der Waals surface area contributed by atoms with E-state index in [9.17, 15) is 4.79 Å². The van der Waals surface area contributed by atoms with Gasteiger partial charge in [0.1, 0.15) is 11.6 Å². The number of pyridine rings is 1. The summed E-state index contributed by atoms with van der Waals surface area (Å²) >= 11 is 0. The molecule has 3 N–H and O–H groups in total. The maximum absolute atomic E-state index is 11.8. The number of imidazole rings is 1. The molecule has 1 aliphatic rings. The van der Waals surface area contributed by atoms with Crippen LogP contribution in [-0.4, -0.2) is 27.4 Å².